The Labute approximate surface area is 263 Å². The van der Waals surface area contributed by atoms with Gasteiger partial charge in [-0.15, -0.1) is 0 Å². The van der Waals surface area contributed by atoms with E-state index in [0.717, 1.165) is 16.7 Å². The van der Waals surface area contributed by atoms with Crippen molar-refractivity contribution in [3.05, 3.63) is 123 Å². The fraction of sp³-hybridized carbons (Fsp3) is 0.125. The van der Waals surface area contributed by atoms with Gasteiger partial charge in [-0.2, -0.15) is 5.10 Å². The number of nitrogens with one attached hydrogen (secondary N) is 3. The van der Waals surface area contributed by atoms with E-state index in [9.17, 15) is 14.4 Å². The number of amides is 3. The number of urea groups is 1. The number of rotatable bonds is 9. The summed E-state index contributed by atoms with van der Waals surface area (Å²) in [4.78, 5) is 46.6. The molecule has 12 heteroatoms. The molecule has 0 atom stereocenters. The standard InChI is InChI=1S/C32H27Cl2N7O3/c1-2-41-31(43)28(38-32(44)39-29-25(33)18-36-19-26(29)34)16-27(40-41)23-9-3-7-21(14-23)22-8-4-10-24(15-22)30(42)37-13-11-20-6-5-12-35-17-20/h3-10,12,14-19H,2,11,13H2,1H3,(H,37,42)(H2,36,38,39,44). The lowest BCUT2D eigenvalue weighted by atomic mass is 9.99. The molecule has 5 aromatic rings. The molecular weight excluding hydrogens is 601 g/mol. The van der Waals surface area contributed by atoms with Crippen molar-refractivity contribution in [2.45, 2.75) is 19.9 Å². The van der Waals surface area contributed by atoms with Gasteiger partial charge in [0.05, 0.1) is 21.4 Å². The summed E-state index contributed by atoms with van der Waals surface area (Å²) < 4.78 is 1.26. The lowest BCUT2D eigenvalue weighted by molar-refractivity contribution is 0.0954. The molecule has 222 valence electrons. The van der Waals surface area contributed by atoms with Gasteiger partial charge in [-0.1, -0.05) is 59.6 Å². The van der Waals surface area contributed by atoms with Crippen LogP contribution in [0, 0.1) is 0 Å². The van der Waals surface area contributed by atoms with Crippen molar-refractivity contribution in [3.63, 3.8) is 0 Å². The second-order valence-corrected chi connectivity index (χ2v) is 10.5. The Hall–Kier alpha value is -5.06. The Morgan fingerprint density at radius 2 is 1.57 bits per heavy atom. The lowest BCUT2D eigenvalue weighted by Crippen LogP contribution is -2.29. The third-order valence-electron chi connectivity index (χ3n) is 6.65. The molecule has 5 rings (SSSR count). The van der Waals surface area contributed by atoms with E-state index in [4.69, 9.17) is 23.2 Å². The number of hydrogen-bond acceptors (Lipinski definition) is 6. The van der Waals surface area contributed by atoms with Crippen LogP contribution in [0.4, 0.5) is 16.2 Å². The van der Waals surface area contributed by atoms with Crippen LogP contribution in [0.25, 0.3) is 22.4 Å². The maximum absolute atomic E-state index is 13.0. The van der Waals surface area contributed by atoms with Crippen LogP contribution in [0.5, 0.6) is 0 Å². The van der Waals surface area contributed by atoms with Crippen LogP contribution in [0.1, 0.15) is 22.8 Å². The van der Waals surface area contributed by atoms with Gasteiger partial charge >= 0.3 is 6.03 Å². The quantitative estimate of drug-likeness (QED) is 0.175. The summed E-state index contributed by atoms with van der Waals surface area (Å²) >= 11 is 12.2. The number of carbonyl (C=O) groups excluding carboxylic acids is 2. The molecule has 0 aliphatic heterocycles. The molecule has 0 saturated heterocycles. The highest BCUT2D eigenvalue weighted by molar-refractivity contribution is 6.39. The molecule has 44 heavy (non-hydrogen) atoms. The zero-order valence-electron chi connectivity index (χ0n) is 23.6. The summed E-state index contributed by atoms with van der Waals surface area (Å²) in [7, 11) is 0. The van der Waals surface area contributed by atoms with E-state index < -0.39 is 11.6 Å². The summed E-state index contributed by atoms with van der Waals surface area (Å²) in [5, 5.41) is 12.9. The Morgan fingerprint density at radius 1 is 0.841 bits per heavy atom. The van der Waals surface area contributed by atoms with E-state index in [1.165, 1.54) is 23.1 Å². The summed E-state index contributed by atoms with van der Waals surface area (Å²) in [6.07, 6.45) is 6.86. The average molecular weight is 629 g/mol. The van der Waals surface area contributed by atoms with Crippen LogP contribution >= 0.6 is 23.2 Å². The van der Waals surface area contributed by atoms with Crippen molar-refractivity contribution in [2.24, 2.45) is 0 Å². The summed E-state index contributed by atoms with van der Waals surface area (Å²) in [5.41, 5.74) is 4.14. The van der Waals surface area contributed by atoms with Crippen molar-refractivity contribution in [1.82, 2.24) is 25.1 Å². The first kappa shape index (κ1) is 30.4. The first-order valence-corrected chi connectivity index (χ1v) is 14.4. The minimum atomic E-state index is -0.707. The van der Waals surface area contributed by atoms with Crippen LogP contribution in [-0.4, -0.2) is 38.2 Å². The molecule has 0 aliphatic rings. The van der Waals surface area contributed by atoms with Gasteiger partial charge in [-0.3, -0.25) is 19.6 Å². The molecular formula is C32H27Cl2N7O3. The third kappa shape index (κ3) is 7.28. The number of aromatic nitrogens is 4. The smallest absolute Gasteiger partial charge is 0.323 e. The van der Waals surface area contributed by atoms with Crippen molar-refractivity contribution in [1.29, 1.82) is 0 Å². The number of anilines is 2. The van der Waals surface area contributed by atoms with E-state index in [2.05, 4.69) is 31.0 Å². The molecule has 0 spiro atoms. The van der Waals surface area contributed by atoms with Gasteiger partial charge in [0.2, 0.25) is 0 Å². The van der Waals surface area contributed by atoms with E-state index in [1.807, 2.05) is 54.6 Å². The molecule has 10 nitrogen and oxygen atoms in total. The van der Waals surface area contributed by atoms with Crippen LogP contribution in [-0.2, 0) is 13.0 Å². The second-order valence-electron chi connectivity index (χ2n) is 9.65. The minimum absolute atomic E-state index is 0.0195. The van der Waals surface area contributed by atoms with Crippen LogP contribution in [0.3, 0.4) is 0 Å². The van der Waals surface area contributed by atoms with Gasteiger partial charge < -0.3 is 16.0 Å². The van der Waals surface area contributed by atoms with Gasteiger partial charge in [0, 0.05) is 49.0 Å². The summed E-state index contributed by atoms with van der Waals surface area (Å²) in [6, 6.07) is 19.5. The normalized spacial score (nSPS) is 10.7. The molecule has 0 saturated carbocycles. The van der Waals surface area contributed by atoms with Crippen molar-refractivity contribution in [2.75, 3.05) is 17.2 Å². The Morgan fingerprint density at radius 3 is 2.30 bits per heavy atom. The highest BCUT2D eigenvalue weighted by Crippen LogP contribution is 2.29. The highest BCUT2D eigenvalue weighted by Gasteiger charge is 2.15. The number of pyridine rings is 2. The number of nitrogens with zero attached hydrogens (tertiary/aromatic N) is 4. The van der Waals surface area contributed by atoms with Crippen LogP contribution in [0.15, 0.2) is 96.3 Å². The first-order valence-electron chi connectivity index (χ1n) is 13.7. The summed E-state index contributed by atoms with van der Waals surface area (Å²) in [6.45, 7) is 2.55. The van der Waals surface area contributed by atoms with Gasteiger partial charge in [0.1, 0.15) is 5.69 Å². The molecule has 0 unspecified atom stereocenters. The van der Waals surface area contributed by atoms with Gasteiger partial charge in [0.25, 0.3) is 11.5 Å². The second kappa shape index (κ2) is 13.9. The van der Waals surface area contributed by atoms with E-state index in [-0.39, 0.29) is 33.9 Å². The van der Waals surface area contributed by atoms with E-state index in [0.29, 0.717) is 29.8 Å². The third-order valence-corrected chi connectivity index (χ3v) is 7.23. The van der Waals surface area contributed by atoms with Gasteiger partial charge in [-0.05, 0) is 60.4 Å². The van der Waals surface area contributed by atoms with Crippen LogP contribution in [0.2, 0.25) is 10.0 Å². The number of carbonyl (C=O) groups is 2. The minimum Gasteiger partial charge on any atom is -0.352 e. The molecule has 3 amide bonds. The maximum atomic E-state index is 13.0. The Kier molecular flexibility index (Phi) is 9.63. The fourth-order valence-corrected chi connectivity index (χ4v) is 4.91. The van der Waals surface area contributed by atoms with E-state index in [1.54, 1.807) is 25.4 Å². The van der Waals surface area contributed by atoms with Crippen molar-refractivity contribution < 1.29 is 9.59 Å². The zero-order chi connectivity index (χ0) is 31.1. The molecule has 3 N–H and O–H groups in total. The monoisotopic (exact) mass is 627 g/mol. The molecule has 0 bridgehead atoms. The molecule has 0 radical (unpaired) electrons. The largest absolute Gasteiger partial charge is 0.352 e. The number of aryl methyl sites for hydroxylation is 1. The van der Waals surface area contributed by atoms with E-state index >= 15 is 0 Å². The lowest BCUT2D eigenvalue weighted by Gasteiger charge is -2.13. The number of benzene rings is 2. The topological polar surface area (TPSA) is 131 Å². The maximum Gasteiger partial charge on any atom is 0.323 e. The zero-order valence-corrected chi connectivity index (χ0v) is 25.1. The number of halogens is 2. The average Bonchev–Trinajstić information content (AvgIpc) is 3.04. The van der Waals surface area contributed by atoms with Gasteiger partial charge in [0.15, 0.2) is 0 Å². The molecule has 3 aromatic heterocycles. The fourth-order valence-electron chi connectivity index (χ4n) is 4.45. The Bertz CT molecular complexity index is 1860. The SMILES string of the molecule is CCn1nc(-c2cccc(-c3cccc(C(=O)NCCc4cccnc4)c3)c2)cc(NC(=O)Nc2c(Cl)cncc2Cl)c1=O. The van der Waals surface area contributed by atoms with Crippen molar-refractivity contribution >= 4 is 46.5 Å². The highest BCUT2D eigenvalue weighted by atomic mass is 35.5. The summed E-state index contributed by atoms with van der Waals surface area (Å²) in [5.74, 6) is -0.174. The predicted molar refractivity (Wildman–Crippen MR) is 172 cm³/mol. The molecule has 2 aromatic carbocycles. The molecule has 0 aliphatic carbocycles. The molecule has 0 fully saturated rings. The van der Waals surface area contributed by atoms with Crippen LogP contribution < -0.4 is 21.5 Å². The molecule has 3 heterocycles. The number of hydrogen-bond donors (Lipinski definition) is 3. The van der Waals surface area contributed by atoms with Gasteiger partial charge in [-0.25, -0.2) is 9.48 Å². The first-order chi connectivity index (χ1) is 21.3. The Balaban J connectivity index is 1.36. The predicted octanol–water partition coefficient (Wildman–Crippen LogP) is 6.31. The van der Waals surface area contributed by atoms with Crippen molar-refractivity contribution in [3.8, 4) is 22.4 Å².